The van der Waals surface area contributed by atoms with Gasteiger partial charge in [0.05, 0.1) is 5.69 Å². The van der Waals surface area contributed by atoms with Crippen molar-refractivity contribution in [2.24, 2.45) is 0 Å². The molecule has 0 unspecified atom stereocenters. The molecule has 354 valence electrons. The Morgan fingerprint density at radius 3 is 1.85 bits per heavy atom. The van der Waals surface area contributed by atoms with E-state index in [1.54, 1.807) is 0 Å². The van der Waals surface area contributed by atoms with Crippen LogP contribution in [0.4, 0.5) is 34.1 Å². The summed E-state index contributed by atoms with van der Waals surface area (Å²) < 4.78 is 5.53. The third-order valence-corrected chi connectivity index (χ3v) is 19.1. The number of fused-ring (bicyclic) bond motifs is 11. The number of para-hydroxylation sites is 2. The Kier molecular flexibility index (Phi) is 9.86. The molecule has 9 aromatic carbocycles. The molecule has 2 aromatic heterocycles. The zero-order chi connectivity index (χ0) is 49.5. The van der Waals surface area contributed by atoms with Gasteiger partial charge in [0.2, 0.25) is 0 Å². The molecule has 1 aliphatic carbocycles. The van der Waals surface area contributed by atoms with Gasteiger partial charge >= 0.3 is 0 Å². The highest BCUT2D eigenvalue weighted by molar-refractivity contribution is 7.34. The molecule has 0 spiro atoms. The predicted octanol–water partition coefficient (Wildman–Crippen LogP) is 18.0. The first-order chi connectivity index (χ1) is 35.3. The van der Waals surface area contributed by atoms with Gasteiger partial charge in [0.25, 0.3) is 6.71 Å². The highest BCUT2D eigenvalue weighted by Gasteiger charge is 2.47. The summed E-state index contributed by atoms with van der Waals surface area (Å²) in [5, 5.41) is 4.05. The normalized spacial score (nSPS) is 15.1. The van der Waals surface area contributed by atoms with Crippen molar-refractivity contribution in [3.05, 3.63) is 211 Å². The Labute approximate surface area is 438 Å². The minimum atomic E-state index is -0.0472. The second kappa shape index (κ2) is 16.2. The number of nitrogens with zero attached hydrogens (tertiary/aromatic N) is 2. The van der Waals surface area contributed by atoms with Gasteiger partial charge in [0.1, 0.15) is 0 Å². The van der Waals surface area contributed by atoms with Crippen LogP contribution >= 0.6 is 22.7 Å². The van der Waals surface area contributed by atoms with Crippen molar-refractivity contribution in [2.75, 3.05) is 9.80 Å². The van der Waals surface area contributed by atoms with Crippen molar-refractivity contribution in [3.63, 3.8) is 0 Å². The lowest BCUT2D eigenvalue weighted by Crippen LogP contribution is -2.54. The molecular weight excluding hydrogens is 920 g/mol. The van der Waals surface area contributed by atoms with Crippen molar-refractivity contribution >= 4 is 109 Å². The highest BCUT2D eigenvalue weighted by atomic mass is 32.1. The van der Waals surface area contributed by atoms with Gasteiger partial charge < -0.3 is 9.80 Å². The number of thiophene rings is 2. The summed E-state index contributed by atoms with van der Waals surface area (Å²) >= 11 is 3.96. The Morgan fingerprint density at radius 1 is 0.479 bits per heavy atom. The fourth-order valence-electron chi connectivity index (χ4n) is 12.7. The number of hydrogen-bond donors (Lipinski definition) is 0. The second-order valence-corrected chi connectivity index (χ2v) is 25.2. The van der Waals surface area contributed by atoms with E-state index in [2.05, 4.69) is 252 Å². The fourth-order valence-corrected chi connectivity index (χ4v) is 15.3. The summed E-state index contributed by atoms with van der Waals surface area (Å²) in [5.74, 6) is 0. The van der Waals surface area contributed by atoms with E-state index in [1.165, 1.54) is 126 Å². The van der Waals surface area contributed by atoms with Crippen molar-refractivity contribution < 1.29 is 0 Å². The quantitative estimate of drug-likeness (QED) is 0.153. The molecule has 14 rings (SSSR count). The number of anilines is 6. The molecular formula is C68H57BN2S2. The van der Waals surface area contributed by atoms with Crippen LogP contribution in [0.25, 0.3) is 63.6 Å². The summed E-state index contributed by atoms with van der Waals surface area (Å²) in [4.78, 5) is 5.09. The third-order valence-electron chi connectivity index (χ3n) is 16.7. The van der Waals surface area contributed by atoms with Crippen LogP contribution in [-0.4, -0.2) is 6.71 Å². The maximum absolute atomic E-state index is 2.66. The number of benzene rings is 9. The lowest BCUT2D eigenvalue weighted by Gasteiger charge is -2.42. The first kappa shape index (κ1) is 44.5. The largest absolute Gasteiger partial charge is 0.311 e. The minimum absolute atomic E-state index is 0.0472. The molecule has 0 amide bonds. The van der Waals surface area contributed by atoms with Crippen molar-refractivity contribution in [1.82, 2.24) is 0 Å². The maximum atomic E-state index is 2.66. The third kappa shape index (κ3) is 6.88. The van der Waals surface area contributed by atoms with E-state index in [0.717, 1.165) is 17.1 Å². The van der Waals surface area contributed by atoms with Crippen LogP contribution in [0, 0.1) is 0 Å². The van der Waals surface area contributed by atoms with Gasteiger partial charge in [0.15, 0.2) is 0 Å². The molecule has 11 aromatic rings. The van der Waals surface area contributed by atoms with Gasteiger partial charge in [-0.25, -0.2) is 0 Å². The molecule has 0 fully saturated rings. The van der Waals surface area contributed by atoms with Gasteiger partial charge in [-0.1, -0.05) is 164 Å². The van der Waals surface area contributed by atoms with E-state index < -0.39 is 0 Å². The van der Waals surface area contributed by atoms with Crippen LogP contribution in [0.2, 0.25) is 0 Å². The van der Waals surface area contributed by atoms with Gasteiger partial charge in [-0.3, -0.25) is 0 Å². The Morgan fingerprint density at radius 2 is 1.14 bits per heavy atom. The van der Waals surface area contributed by atoms with Crippen LogP contribution in [0.5, 0.6) is 0 Å². The molecule has 0 bridgehead atoms. The fraction of sp³-hybridized carbons (Fsp3) is 0.176. The zero-order valence-electron chi connectivity index (χ0n) is 42.7. The van der Waals surface area contributed by atoms with Crippen LogP contribution in [0.15, 0.2) is 194 Å². The van der Waals surface area contributed by atoms with Crippen molar-refractivity contribution in [3.8, 4) is 33.4 Å². The SMILES string of the molecule is CC(C)(C)c1ccc(N2c3cc(N(c4ccccc4)c4ccccc4)ccc3B3c4sc5cc6c(cc5c4-c4cc(-c5cccc7c5sc5ccccc57)cc2c43)C(C)(C)CCC6(C)C)c(-c2ccccc2)c1. The zero-order valence-corrected chi connectivity index (χ0v) is 44.3. The lowest BCUT2D eigenvalue weighted by molar-refractivity contribution is 0.332. The van der Waals surface area contributed by atoms with Gasteiger partial charge in [-0.2, -0.15) is 0 Å². The summed E-state index contributed by atoms with van der Waals surface area (Å²) in [6.45, 7) is 16.9. The number of hydrogen-bond acceptors (Lipinski definition) is 4. The summed E-state index contributed by atoms with van der Waals surface area (Å²) in [6.07, 6.45) is 2.38. The Bertz CT molecular complexity index is 3990. The standard InChI is InChI=1S/C68H57BN2S2/c1-66(2,3)44-30-33-57(51(38-44)42-20-11-8-12-21-42)71-58-39-47(70(45-22-13-9-14-23-45)46-24-15-10-16-25-46)31-32-56(58)69-63-53(62-52-40-54-55(41-61(52)73-65(62)69)68(6,7)35-34-67(54,4)5)36-43(37-59(63)71)48-27-19-28-50-49-26-17-18-29-60(49)72-64(48)50/h8-33,36-41H,34-35H2,1-7H3. The van der Waals surface area contributed by atoms with E-state index in [4.69, 9.17) is 0 Å². The van der Waals surface area contributed by atoms with E-state index in [-0.39, 0.29) is 23.0 Å². The maximum Gasteiger partial charge on any atom is 0.260 e. The minimum Gasteiger partial charge on any atom is -0.311 e. The molecule has 0 atom stereocenters. The molecule has 0 N–H and O–H groups in total. The monoisotopic (exact) mass is 976 g/mol. The van der Waals surface area contributed by atoms with Gasteiger partial charge in [-0.05, 0) is 168 Å². The molecule has 5 heteroatoms. The molecule has 4 heterocycles. The highest BCUT2D eigenvalue weighted by Crippen LogP contribution is 2.53. The van der Waals surface area contributed by atoms with Crippen molar-refractivity contribution in [2.45, 2.75) is 77.6 Å². The van der Waals surface area contributed by atoms with Crippen molar-refractivity contribution in [1.29, 1.82) is 0 Å². The first-order valence-electron chi connectivity index (χ1n) is 26.1. The van der Waals surface area contributed by atoms with Crippen LogP contribution in [0.3, 0.4) is 0 Å². The molecule has 0 radical (unpaired) electrons. The van der Waals surface area contributed by atoms with Crippen LogP contribution in [0.1, 0.15) is 78.0 Å². The summed E-state index contributed by atoms with van der Waals surface area (Å²) in [5.41, 5.74) is 22.0. The van der Waals surface area contributed by atoms with E-state index >= 15 is 0 Å². The Balaban J connectivity index is 1.12. The average Bonchev–Trinajstić information content (AvgIpc) is 4.08. The topological polar surface area (TPSA) is 6.48 Å². The van der Waals surface area contributed by atoms with Crippen LogP contribution in [-0.2, 0) is 16.2 Å². The molecule has 73 heavy (non-hydrogen) atoms. The second-order valence-electron chi connectivity index (χ2n) is 23.1. The number of rotatable bonds is 6. The summed E-state index contributed by atoms with van der Waals surface area (Å²) in [7, 11) is 0. The predicted molar refractivity (Wildman–Crippen MR) is 319 cm³/mol. The van der Waals surface area contributed by atoms with E-state index in [0.29, 0.717) is 0 Å². The smallest absolute Gasteiger partial charge is 0.260 e. The molecule has 0 saturated heterocycles. The Hall–Kier alpha value is -7.18. The van der Waals surface area contributed by atoms with Gasteiger partial charge in [-0.15, -0.1) is 22.7 Å². The molecule has 2 aliphatic heterocycles. The molecule has 2 nitrogen and oxygen atoms in total. The summed E-state index contributed by atoms with van der Waals surface area (Å²) in [6, 6.07) is 73.8. The van der Waals surface area contributed by atoms with Gasteiger partial charge in [0, 0.05) is 64.3 Å². The molecule has 3 aliphatic rings. The van der Waals surface area contributed by atoms with E-state index in [1.807, 2.05) is 22.7 Å². The molecule has 0 saturated carbocycles. The van der Waals surface area contributed by atoms with Crippen LogP contribution < -0.4 is 25.5 Å². The first-order valence-corrected chi connectivity index (χ1v) is 27.7. The van der Waals surface area contributed by atoms with E-state index in [9.17, 15) is 0 Å². The average molecular weight is 977 g/mol. The lowest BCUT2D eigenvalue weighted by atomic mass is 9.39.